The van der Waals surface area contributed by atoms with E-state index in [0.29, 0.717) is 13.2 Å². The molecule has 0 saturated carbocycles. The van der Waals surface area contributed by atoms with Crippen molar-refractivity contribution in [2.75, 3.05) is 32.2 Å². The van der Waals surface area contributed by atoms with Gasteiger partial charge in [0, 0.05) is 37.8 Å². The molecule has 2 rings (SSSR count). The molecule has 0 bridgehead atoms. The van der Waals surface area contributed by atoms with E-state index in [0.717, 1.165) is 24.3 Å². The van der Waals surface area contributed by atoms with Crippen LogP contribution in [0.15, 0.2) is 35.7 Å². The van der Waals surface area contributed by atoms with Crippen molar-refractivity contribution in [1.82, 2.24) is 5.32 Å². The van der Waals surface area contributed by atoms with Gasteiger partial charge >= 0.3 is 0 Å². The van der Waals surface area contributed by atoms with E-state index in [4.69, 9.17) is 4.74 Å². The average Bonchev–Trinajstić information content (AvgIpc) is 2.96. The number of ether oxygens (including phenoxy) is 1. The van der Waals surface area contributed by atoms with Crippen molar-refractivity contribution < 1.29 is 9.13 Å². The molecule has 2 aromatic rings. The zero-order valence-corrected chi connectivity index (χ0v) is 13.3. The summed E-state index contributed by atoms with van der Waals surface area (Å²) in [6.07, 6.45) is 0. The minimum atomic E-state index is -0.202. The highest BCUT2D eigenvalue weighted by molar-refractivity contribution is 7.09. The van der Waals surface area contributed by atoms with Gasteiger partial charge in [-0.25, -0.2) is 4.39 Å². The Kier molecular flexibility index (Phi) is 6.17. The fourth-order valence-electron chi connectivity index (χ4n) is 2.19. The molecule has 0 saturated heterocycles. The van der Waals surface area contributed by atoms with Crippen LogP contribution in [0.5, 0.6) is 0 Å². The molecule has 0 atom stereocenters. The van der Waals surface area contributed by atoms with Crippen LogP contribution in [0.1, 0.15) is 10.4 Å². The number of hydrogen-bond donors (Lipinski definition) is 1. The van der Waals surface area contributed by atoms with Gasteiger partial charge < -0.3 is 15.0 Å². The third-order valence-electron chi connectivity index (χ3n) is 3.22. The first-order chi connectivity index (χ1) is 10.2. The van der Waals surface area contributed by atoms with Gasteiger partial charge in [-0.3, -0.25) is 0 Å². The predicted molar refractivity (Wildman–Crippen MR) is 86.4 cm³/mol. The van der Waals surface area contributed by atoms with Crippen molar-refractivity contribution in [3.63, 3.8) is 0 Å². The number of halogens is 1. The molecule has 1 aromatic heterocycles. The average molecular weight is 308 g/mol. The number of nitrogens with one attached hydrogen (secondary N) is 1. The summed E-state index contributed by atoms with van der Waals surface area (Å²) >= 11 is 1.73. The number of thiophene rings is 1. The van der Waals surface area contributed by atoms with Gasteiger partial charge in [0.15, 0.2) is 0 Å². The van der Waals surface area contributed by atoms with E-state index in [-0.39, 0.29) is 5.82 Å². The Bertz CT molecular complexity index is 545. The van der Waals surface area contributed by atoms with E-state index in [1.54, 1.807) is 24.5 Å². The van der Waals surface area contributed by atoms with Crippen molar-refractivity contribution >= 4 is 17.0 Å². The molecular formula is C16H21FN2OS. The standard InChI is InChI=1S/C16H21FN2OS/c1-19(12-15-4-3-9-21-15)16-6-5-14(17)10-13(16)11-18-7-8-20-2/h3-6,9-10,18H,7-8,11-12H2,1-2H3. The molecule has 0 aliphatic rings. The number of benzene rings is 1. The van der Waals surface area contributed by atoms with Gasteiger partial charge in [-0.05, 0) is 35.2 Å². The number of anilines is 1. The normalized spacial score (nSPS) is 10.8. The summed E-state index contributed by atoms with van der Waals surface area (Å²) in [6.45, 7) is 2.86. The van der Waals surface area contributed by atoms with Crippen molar-refractivity contribution in [3.05, 3.63) is 52.0 Å². The summed E-state index contributed by atoms with van der Waals surface area (Å²) in [7, 11) is 3.70. The molecule has 1 aromatic carbocycles. The quantitative estimate of drug-likeness (QED) is 0.758. The second-order valence-electron chi connectivity index (χ2n) is 4.88. The fraction of sp³-hybridized carbons (Fsp3) is 0.375. The first kappa shape index (κ1) is 15.9. The summed E-state index contributed by atoms with van der Waals surface area (Å²) in [5.74, 6) is -0.202. The van der Waals surface area contributed by atoms with Crippen molar-refractivity contribution in [2.24, 2.45) is 0 Å². The summed E-state index contributed by atoms with van der Waals surface area (Å²) in [4.78, 5) is 3.44. The van der Waals surface area contributed by atoms with Crippen LogP contribution in [0.25, 0.3) is 0 Å². The van der Waals surface area contributed by atoms with Gasteiger partial charge in [0.05, 0.1) is 13.2 Å². The maximum Gasteiger partial charge on any atom is 0.123 e. The molecule has 114 valence electrons. The van der Waals surface area contributed by atoms with Crippen molar-refractivity contribution in [2.45, 2.75) is 13.1 Å². The summed E-state index contributed by atoms with van der Waals surface area (Å²) in [5.41, 5.74) is 2.01. The number of rotatable bonds is 8. The van der Waals surface area contributed by atoms with Crippen molar-refractivity contribution in [3.8, 4) is 0 Å². The van der Waals surface area contributed by atoms with Gasteiger partial charge in [0.1, 0.15) is 5.82 Å². The highest BCUT2D eigenvalue weighted by Crippen LogP contribution is 2.23. The van der Waals surface area contributed by atoms with Crippen LogP contribution in [-0.2, 0) is 17.8 Å². The Labute approximate surface area is 129 Å². The highest BCUT2D eigenvalue weighted by Gasteiger charge is 2.09. The molecule has 3 nitrogen and oxygen atoms in total. The maximum atomic E-state index is 13.5. The first-order valence-electron chi connectivity index (χ1n) is 6.92. The van der Waals surface area contributed by atoms with Gasteiger partial charge in [0.25, 0.3) is 0 Å². The third-order valence-corrected chi connectivity index (χ3v) is 4.09. The monoisotopic (exact) mass is 308 g/mol. The molecule has 0 fully saturated rings. The molecule has 0 unspecified atom stereocenters. The van der Waals surface area contributed by atoms with E-state index in [2.05, 4.69) is 21.7 Å². The lowest BCUT2D eigenvalue weighted by Gasteiger charge is -2.22. The predicted octanol–water partition coefficient (Wildman–Crippen LogP) is 3.26. The van der Waals surface area contributed by atoms with Gasteiger partial charge in [0.2, 0.25) is 0 Å². The third kappa shape index (κ3) is 4.81. The zero-order valence-electron chi connectivity index (χ0n) is 12.4. The Hall–Kier alpha value is -1.43. The van der Waals surface area contributed by atoms with E-state index in [9.17, 15) is 4.39 Å². The molecule has 0 aliphatic heterocycles. The largest absolute Gasteiger partial charge is 0.383 e. The SMILES string of the molecule is COCCNCc1cc(F)ccc1N(C)Cc1cccs1. The molecule has 5 heteroatoms. The second-order valence-corrected chi connectivity index (χ2v) is 5.91. The molecule has 21 heavy (non-hydrogen) atoms. The minimum absolute atomic E-state index is 0.202. The number of hydrogen-bond acceptors (Lipinski definition) is 4. The van der Waals surface area contributed by atoms with E-state index in [1.807, 2.05) is 19.2 Å². The van der Waals surface area contributed by atoms with Crippen molar-refractivity contribution in [1.29, 1.82) is 0 Å². The molecule has 0 amide bonds. The van der Waals surface area contributed by atoms with Gasteiger partial charge in [-0.2, -0.15) is 0 Å². The van der Waals surface area contributed by atoms with E-state index < -0.39 is 0 Å². The second kappa shape index (κ2) is 8.12. The first-order valence-corrected chi connectivity index (χ1v) is 7.80. The van der Waals surface area contributed by atoms with Crippen LogP contribution in [0.4, 0.5) is 10.1 Å². The molecule has 0 radical (unpaired) electrons. The lowest BCUT2D eigenvalue weighted by molar-refractivity contribution is 0.199. The van der Waals surface area contributed by atoms with Crippen LogP contribution in [0, 0.1) is 5.82 Å². The minimum Gasteiger partial charge on any atom is -0.383 e. The lowest BCUT2D eigenvalue weighted by atomic mass is 10.1. The molecule has 0 aliphatic carbocycles. The lowest BCUT2D eigenvalue weighted by Crippen LogP contribution is -2.22. The Morgan fingerprint density at radius 1 is 1.33 bits per heavy atom. The molecule has 0 spiro atoms. The number of nitrogens with zero attached hydrogens (tertiary/aromatic N) is 1. The molecule has 1 N–H and O–H groups in total. The smallest absolute Gasteiger partial charge is 0.123 e. The van der Waals surface area contributed by atoms with Gasteiger partial charge in [-0.15, -0.1) is 11.3 Å². The topological polar surface area (TPSA) is 24.5 Å². The summed E-state index contributed by atoms with van der Waals surface area (Å²) < 4.78 is 18.5. The zero-order chi connectivity index (χ0) is 15.1. The van der Waals surface area contributed by atoms with Crippen LogP contribution in [0.3, 0.4) is 0 Å². The van der Waals surface area contributed by atoms with E-state index in [1.165, 1.54) is 10.9 Å². The Morgan fingerprint density at radius 2 is 2.19 bits per heavy atom. The molecule has 1 heterocycles. The van der Waals surface area contributed by atoms with Crippen LogP contribution >= 0.6 is 11.3 Å². The number of methoxy groups -OCH3 is 1. The van der Waals surface area contributed by atoms with E-state index >= 15 is 0 Å². The maximum absolute atomic E-state index is 13.5. The van der Waals surface area contributed by atoms with Gasteiger partial charge in [-0.1, -0.05) is 6.07 Å². The Balaban J connectivity index is 2.06. The van der Waals surface area contributed by atoms with Crippen LogP contribution < -0.4 is 10.2 Å². The molecular weight excluding hydrogens is 287 g/mol. The summed E-state index contributed by atoms with van der Waals surface area (Å²) in [6, 6.07) is 9.11. The fourth-order valence-corrected chi connectivity index (χ4v) is 2.94. The van der Waals surface area contributed by atoms with Crippen LogP contribution in [0.2, 0.25) is 0 Å². The summed E-state index contributed by atoms with van der Waals surface area (Å²) in [5, 5.41) is 5.34. The highest BCUT2D eigenvalue weighted by atomic mass is 32.1. The Morgan fingerprint density at radius 3 is 2.90 bits per heavy atom. The van der Waals surface area contributed by atoms with Crippen LogP contribution in [-0.4, -0.2) is 27.3 Å².